The van der Waals surface area contributed by atoms with Gasteiger partial charge in [0, 0.05) is 26.2 Å². The van der Waals surface area contributed by atoms with E-state index in [-0.39, 0.29) is 12.4 Å². The van der Waals surface area contributed by atoms with Crippen molar-refractivity contribution in [2.24, 2.45) is 5.92 Å². The quantitative estimate of drug-likeness (QED) is 0.834. The first-order valence-electron chi connectivity index (χ1n) is 7.00. The Morgan fingerprint density at radius 3 is 2.67 bits per heavy atom. The smallest absolute Gasteiger partial charge is 0.236 e. The molecule has 106 valence electrons. The van der Waals surface area contributed by atoms with Crippen molar-refractivity contribution in [2.45, 2.75) is 26.2 Å². The highest BCUT2D eigenvalue weighted by molar-refractivity contribution is 5.85. The summed E-state index contributed by atoms with van der Waals surface area (Å²) in [6.45, 7) is 9.01. The van der Waals surface area contributed by atoms with Crippen LogP contribution in [0.15, 0.2) is 0 Å². The van der Waals surface area contributed by atoms with Gasteiger partial charge in [0.2, 0.25) is 5.91 Å². The average molecular weight is 276 g/mol. The van der Waals surface area contributed by atoms with Gasteiger partial charge in [-0.3, -0.25) is 9.69 Å². The number of hydrogen-bond acceptors (Lipinski definition) is 3. The maximum Gasteiger partial charge on any atom is 0.236 e. The molecule has 0 saturated carbocycles. The largest absolute Gasteiger partial charge is 0.342 e. The normalized spacial score (nSPS) is 23.6. The van der Waals surface area contributed by atoms with Crippen LogP contribution in [-0.2, 0) is 4.79 Å². The summed E-state index contributed by atoms with van der Waals surface area (Å²) in [5.74, 6) is 1.11. The zero-order valence-corrected chi connectivity index (χ0v) is 12.2. The van der Waals surface area contributed by atoms with Crippen LogP contribution in [0.2, 0.25) is 0 Å². The van der Waals surface area contributed by atoms with Crippen LogP contribution in [0.4, 0.5) is 0 Å². The van der Waals surface area contributed by atoms with Crippen molar-refractivity contribution in [2.75, 3.05) is 45.8 Å². The van der Waals surface area contributed by atoms with Gasteiger partial charge in [-0.25, -0.2) is 0 Å². The Morgan fingerprint density at radius 2 is 2.00 bits per heavy atom. The van der Waals surface area contributed by atoms with Gasteiger partial charge in [0.1, 0.15) is 0 Å². The van der Waals surface area contributed by atoms with Crippen LogP contribution in [0, 0.1) is 5.92 Å². The van der Waals surface area contributed by atoms with E-state index in [1.165, 1.54) is 12.8 Å². The molecule has 2 saturated heterocycles. The zero-order chi connectivity index (χ0) is 12.1. The molecule has 2 fully saturated rings. The predicted molar refractivity (Wildman–Crippen MR) is 76.2 cm³/mol. The highest BCUT2D eigenvalue weighted by atomic mass is 35.5. The van der Waals surface area contributed by atoms with Crippen molar-refractivity contribution in [3.05, 3.63) is 0 Å². The molecule has 2 aliphatic heterocycles. The molecule has 0 unspecified atom stereocenters. The van der Waals surface area contributed by atoms with Gasteiger partial charge in [-0.05, 0) is 45.2 Å². The molecule has 18 heavy (non-hydrogen) atoms. The summed E-state index contributed by atoms with van der Waals surface area (Å²) in [6, 6.07) is 0. The van der Waals surface area contributed by atoms with E-state index in [9.17, 15) is 4.79 Å². The van der Waals surface area contributed by atoms with Crippen molar-refractivity contribution < 1.29 is 4.79 Å². The molecular formula is C13H26ClN3O. The minimum absolute atomic E-state index is 0. The molecule has 2 rings (SSSR count). The van der Waals surface area contributed by atoms with Crippen LogP contribution in [0.1, 0.15) is 26.2 Å². The second-order valence-electron chi connectivity index (χ2n) is 5.26. The highest BCUT2D eigenvalue weighted by Crippen LogP contribution is 2.15. The standard InChI is InChI=1S/C13H25N3O.ClH/c1-2-16-9-3-8-15(11-13(16)17)10-12-4-6-14-7-5-12;/h12,14H,2-11H2,1H3;1H. The minimum Gasteiger partial charge on any atom is -0.342 e. The summed E-state index contributed by atoms with van der Waals surface area (Å²) < 4.78 is 0. The second kappa shape index (κ2) is 7.97. The lowest BCUT2D eigenvalue weighted by Crippen LogP contribution is -2.40. The van der Waals surface area contributed by atoms with E-state index in [1.807, 2.05) is 4.90 Å². The number of rotatable bonds is 3. The number of piperidine rings is 1. The molecule has 1 N–H and O–H groups in total. The summed E-state index contributed by atoms with van der Waals surface area (Å²) in [6.07, 6.45) is 3.66. The fraction of sp³-hybridized carbons (Fsp3) is 0.923. The molecule has 0 atom stereocenters. The molecule has 2 aliphatic rings. The first kappa shape index (κ1) is 15.7. The van der Waals surface area contributed by atoms with Gasteiger partial charge in [0.05, 0.1) is 6.54 Å². The molecule has 0 aromatic carbocycles. The number of likely N-dealkylation sites (N-methyl/N-ethyl adjacent to an activating group) is 1. The molecule has 2 heterocycles. The van der Waals surface area contributed by atoms with Crippen molar-refractivity contribution >= 4 is 18.3 Å². The Bertz CT molecular complexity index is 257. The number of carbonyl (C=O) groups is 1. The molecule has 5 heteroatoms. The van der Waals surface area contributed by atoms with Gasteiger partial charge < -0.3 is 10.2 Å². The van der Waals surface area contributed by atoms with Gasteiger partial charge in [-0.2, -0.15) is 0 Å². The van der Waals surface area contributed by atoms with E-state index in [0.717, 1.165) is 51.6 Å². The Labute approximate surface area is 116 Å². The lowest BCUT2D eigenvalue weighted by Gasteiger charge is -2.28. The van der Waals surface area contributed by atoms with Crippen molar-refractivity contribution in [3.8, 4) is 0 Å². The van der Waals surface area contributed by atoms with Crippen molar-refractivity contribution in [3.63, 3.8) is 0 Å². The van der Waals surface area contributed by atoms with E-state index in [1.54, 1.807) is 0 Å². The number of nitrogens with zero attached hydrogens (tertiary/aromatic N) is 2. The van der Waals surface area contributed by atoms with Crippen LogP contribution in [-0.4, -0.2) is 61.5 Å². The monoisotopic (exact) mass is 275 g/mol. The van der Waals surface area contributed by atoms with Gasteiger partial charge in [-0.15, -0.1) is 12.4 Å². The number of carbonyl (C=O) groups excluding carboxylic acids is 1. The highest BCUT2D eigenvalue weighted by Gasteiger charge is 2.23. The first-order chi connectivity index (χ1) is 8.29. The number of nitrogens with one attached hydrogen (secondary N) is 1. The summed E-state index contributed by atoms with van der Waals surface area (Å²) in [5.41, 5.74) is 0. The fourth-order valence-corrected chi connectivity index (χ4v) is 2.90. The van der Waals surface area contributed by atoms with Gasteiger partial charge >= 0.3 is 0 Å². The summed E-state index contributed by atoms with van der Waals surface area (Å²) in [4.78, 5) is 16.3. The number of halogens is 1. The van der Waals surface area contributed by atoms with Crippen molar-refractivity contribution in [1.29, 1.82) is 0 Å². The molecule has 0 radical (unpaired) electrons. The van der Waals surface area contributed by atoms with Gasteiger partial charge in [-0.1, -0.05) is 0 Å². The Balaban J connectivity index is 0.00000162. The zero-order valence-electron chi connectivity index (χ0n) is 11.4. The third-order valence-corrected chi connectivity index (χ3v) is 3.97. The van der Waals surface area contributed by atoms with E-state index < -0.39 is 0 Å². The lowest BCUT2D eigenvalue weighted by atomic mass is 9.97. The summed E-state index contributed by atoms with van der Waals surface area (Å²) in [7, 11) is 0. The Hall–Kier alpha value is -0.320. The number of amides is 1. The van der Waals surface area contributed by atoms with Crippen LogP contribution < -0.4 is 5.32 Å². The molecule has 4 nitrogen and oxygen atoms in total. The fourth-order valence-electron chi connectivity index (χ4n) is 2.90. The molecule has 1 amide bonds. The summed E-state index contributed by atoms with van der Waals surface area (Å²) >= 11 is 0. The van der Waals surface area contributed by atoms with Gasteiger partial charge in [0.25, 0.3) is 0 Å². The maximum atomic E-state index is 12.0. The Morgan fingerprint density at radius 1 is 1.28 bits per heavy atom. The van der Waals surface area contributed by atoms with Crippen LogP contribution >= 0.6 is 12.4 Å². The average Bonchev–Trinajstić information content (AvgIpc) is 2.52. The van der Waals surface area contributed by atoms with E-state index in [0.29, 0.717) is 12.5 Å². The SMILES string of the molecule is CCN1CCCN(CC2CCNCC2)CC1=O.Cl. The second-order valence-corrected chi connectivity index (χ2v) is 5.26. The third-order valence-electron chi connectivity index (χ3n) is 3.97. The van der Waals surface area contributed by atoms with Crippen molar-refractivity contribution in [1.82, 2.24) is 15.1 Å². The van der Waals surface area contributed by atoms with Gasteiger partial charge in [0.15, 0.2) is 0 Å². The third kappa shape index (κ3) is 4.41. The number of hydrogen-bond donors (Lipinski definition) is 1. The van der Waals surface area contributed by atoms with E-state index in [4.69, 9.17) is 0 Å². The molecule has 0 aromatic heterocycles. The molecule has 0 aliphatic carbocycles. The summed E-state index contributed by atoms with van der Waals surface area (Å²) in [5, 5.41) is 3.40. The molecule has 0 aromatic rings. The maximum absolute atomic E-state index is 12.0. The lowest BCUT2D eigenvalue weighted by molar-refractivity contribution is -0.131. The predicted octanol–water partition coefficient (Wildman–Crippen LogP) is 0.962. The van der Waals surface area contributed by atoms with Crippen LogP contribution in [0.3, 0.4) is 0 Å². The molecule has 0 spiro atoms. The van der Waals surface area contributed by atoms with E-state index >= 15 is 0 Å². The van der Waals surface area contributed by atoms with E-state index in [2.05, 4.69) is 17.1 Å². The molecular weight excluding hydrogens is 250 g/mol. The van der Waals surface area contributed by atoms with Crippen LogP contribution in [0.5, 0.6) is 0 Å². The topological polar surface area (TPSA) is 35.6 Å². The molecule has 0 bridgehead atoms. The minimum atomic E-state index is 0. The van der Waals surface area contributed by atoms with Crippen LogP contribution in [0.25, 0.3) is 0 Å². The first-order valence-corrected chi connectivity index (χ1v) is 7.00. The Kier molecular flexibility index (Phi) is 6.97.